The fourth-order valence-electron chi connectivity index (χ4n) is 2.90. The molecule has 130 valence electrons. The molecule has 0 aliphatic heterocycles. The third kappa shape index (κ3) is 3.62. The molecule has 0 radical (unpaired) electrons. The zero-order valence-corrected chi connectivity index (χ0v) is 15.2. The summed E-state index contributed by atoms with van der Waals surface area (Å²) in [5.74, 6) is 0.696. The lowest BCUT2D eigenvalue weighted by Crippen LogP contribution is -2.08. The van der Waals surface area contributed by atoms with Gasteiger partial charge in [0.2, 0.25) is 0 Å². The first kappa shape index (κ1) is 17.1. The summed E-state index contributed by atoms with van der Waals surface area (Å²) in [6.07, 6.45) is 0. The number of fused-ring (bicyclic) bond motifs is 1. The van der Waals surface area contributed by atoms with Gasteiger partial charge in [-0.05, 0) is 34.9 Å². The minimum atomic E-state index is -0.119. The molecule has 1 aromatic heterocycles. The SMILES string of the molecule is N#Cc1ccccc1-c1ccc(CSc2nc3ccccc3c(=O)[nH]2)cc1. The first-order chi connectivity index (χ1) is 13.2. The highest BCUT2D eigenvalue weighted by Crippen LogP contribution is 2.25. The molecule has 0 saturated heterocycles. The third-order valence-corrected chi connectivity index (χ3v) is 5.22. The largest absolute Gasteiger partial charge is 0.301 e. The summed E-state index contributed by atoms with van der Waals surface area (Å²) < 4.78 is 0. The number of benzene rings is 3. The Labute approximate surface area is 160 Å². The van der Waals surface area contributed by atoms with E-state index in [0.717, 1.165) is 16.7 Å². The van der Waals surface area contributed by atoms with E-state index in [1.807, 2.05) is 66.7 Å². The first-order valence-electron chi connectivity index (χ1n) is 8.45. The van der Waals surface area contributed by atoms with Crippen LogP contribution in [0.25, 0.3) is 22.0 Å². The van der Waals surface area contributed by atoms with Gasteiger partial charge in [0.1, 0.15) is 0 Å². The summed E-state index contributed by atoms with van der Waals surface area (Å²) in [5, 5.41) is 10.5. The number of nitriles is 1. The molecule has 3 aromatic carbocycles. The lowest BCUT2D eigenvalue weighted by Gasteiger charge is -2.06. The molecule has 0 amide bonds. The van der Waals surface area contributed by atoms with Crippen LogP contribution in [0.3, 0.4) is 0 Å². The van der Waals surface area contributed by atoms with E-state index < -0.39 is 0 Å². The number of thioether (sulfide) groups is 1. The average molecular weight is 369 g/mol. The number of para-hydroxylation sites is 1. The molecule has 0 aliphatic rings. The molecular formula is C22H15N3OS. The van der Waals surface area contributed by atoms with E-state index in [1.165, 1.54) is 11.8 Å². The van der Waals surface area contributed by atoms with Crippen LogP contribution in [0.2, 0.25) is 0 Å². The molecule has 5 heteroatoms. The number of hydrogen-bond donors (Lipinski definition) is 1. The van der Waals surface area contributed by atoms with Crippen LogP contribution in [0, 0.1) is 11.3 Å². The molecule has 0 spiro atoms. The highest BCUT2D eigenvalue weighted by atomic mass is 32.2. The predicted molar refractivity (Wildman–Crippen MR) is 109 cm³/mol. The van der Waals surface area contributed by atoms with Crippen molar-refractivity contribution in [1.82, 2.24) is 9.97 Å². The van der Waals surface area contributed by atoms with Crippen molar-refractivity contribution < 1.29 is 0 Å². The van der Waals surface area contributed by atoms with Gasteiger partial charge >= 0.3 is 0 Å². The van der Waals surface area contributed by atoms with Gasteiger partial charge in [0.05, 0.1) is 22.5 Å². The van der Waals surface area contributed by atoms with Gasteiger partial charge < -0.3 is 4.98 Å². The summed E-state index contributed by atoms with van der Waals surface area (Å²) in [4.78, 5) is 19.5. The highest BCUT2D eigenvalue weighted by Gasteiger charge is 2.06. The highest BCUT2D eigenvalue weighted by molar-refractivity contribution is 7.98. The lowest BCUT2D eigenvalue weighted by molar-refractivity contribution is 0.973. The van der Waals surface area contributed by atoms with E-state index in [-0.39, 0.29) is 5.56 Å². The Hall–Kier alpha value is -3.36. The van der Waals surface area contributed by atoms with E-state index in [9.17, 15) is 10.1 Å². The molecule has 0 bridgehead atoms. The molecule has 0 fully saturated rings. The molecule has 1 heterocycles. The standard InChI is InChI=1S/C22H15N3OS/c23-13-17-5-1-2-6-18(17)16-11-9-15(10-12-16)14-27-22-24-20-8-4-3-7-19(20)21(26)25-22/h1-12H,14H2,(H,24,25,26). The van der Waals surface area contributed by atoms with Crippen LogP contribution in [0.15, 0.2) is 82.7 Å². The van der Waals surface area contributed by atoms with Crippen molar-refractivity contribution in [2.45, 2.75) is 10.9 Å². The monoisotopic (exact) mass is 369 g/mol. The molecule has 4 nitrogen and oxygen atoms in total. The second-order valence-electron chi connectivity index (χ2n) is 6.03. The summed E-state index contributed by atoms with van der Waals surface area (Å²) in [6, 6.07) is 25.2. The Morgan fingerprint density at radius 1 is 0.963 bits per heavy atom. The van der Waals surface area contributed by atoms with Gasteiger partial charge in [-0.2, -0.15) is 5.26 Å². The molecule has 27 heavy (non-hydrogen) atoms. The van der Waals surface area contributed by atoms with Crippen molar-refractivity contribution in [3.63, 3.8) is 0 Å². The predicted octanol–water partition coefficient (Wildman–Crippen LogP) is 4.75. The molecule has 0 unspecified atom stereocenters. The van der Waals surface area contributed by atoms with Gasteiger partial charge in [0.25, 0.3) is 5.56 Å². The van der Waals surface area contributed by atoms with Crippen molar-refractivity contribution in [2.24, 2.45) is 0 Å². The fourth-order valence-corrected chi connectivity index (χ4v) is 3.72. The van der Waals surface area contributed by atoms with Crippen molar-refractivity contribution >= 4 is 22.7 Å². The van der Waals surface area contributed by atoms with Gasteiger partial charge in [-0.15, -0.1) is 0 Å². The van der Waals surface area contributed by atoms with Crippen molar-refractivity contribution in [2.75, 3.05) is 0 Å². The summed E-state index contributed by atoms with van der Waals surface area (Å²) in [5.41, 5.74) is 4.31. The minimum Gasteiger partial charge on any atom is -0.301 e. The zero-order chi connectivity index (χ0) is 18.6. The van der Waals surface area contributed by atoms with E-state index >= 15 is 0 Å². The fraction of sp³-hybridized carbons (Fsp3) is 0.0455. The van der Waals surface area contributed by atoms with Crippen LogP contribution in [-0.2, 0) is 5.75 Å². The van der Waals surface area contributed by atoms with Crippen molar-refractivity contribution in [3.05, 3.63) is 94.3 Å². The topological polar surface area (TPSA) is 69.5 Å². The second-order valence-corrected chi connectivity index (χ2v) is 7.00. The second kappa shape index (κ2) is 7.48. The van der Waals surface area contributed by atoms with Crippen molar-refractivity contribution in [3.8, 4) is 17.2 Å². The number of nitrogens with one attached hydrogen (secondary N) is 1. The molecule has 4 aromatic rings. The Morgan fingerprint density at radius 2 is 1.70 bits per heavy atom. The van der Waals surface area contributed by atoms with Gasteiger partial charge in [0.15, 0.2) is 5.16 Å². The number of hydrogen-bond acceptors (Lipinski definition) is 4. The molecular weight excluding hydrogens is 354 g/mol. The average Bonchev–Trinajstić information content (AvgIpc) is 2.73. The van der Waals surface area contributed by atoms with Gasteiger partial charge in [-0.3, -0.25) is 4.79 Å². The van der Waals surface area contributed by atoms with Gasteiger partial charge in [0, 0.05) is 5.75 Å². The Bertz CT molecular complexity index is 1210. The number of rotatable bonds is 4. The molecule has 0 atom stereocenters. The number of aromatic nitrogens is 2. The molecule has 0 aliphatic carbocycles. The quantitative estimate of drug-likeness (QED) is 0.416. The maximum absolute atomic E-state index is 12.1. The van der Waals surface area contributed by atoms with Crippen LogP contribution in [0.1, 0.15) is 11.1 Å². The molecule has 0 saturated carbocycles. The number of aromatic amines is 1. The van der Waals surface area contributed by atoms with Crippen LogP contribution in [-0.4, -0.2) is 9.97 Å². The van der Waals surface area contributed by atoms with E-state index in [4.69, 9.17) is 0 Å². The summed E-state index contributed by atoms with van der Waals surface area (Å²) in [6.45, 7) is 0. The summed E-state index contributed by atoms with van der Waals surface area (Å²) in [7, 11) is 0. The number of nitrogens with zero attached hydrogens (tertiary/aromatic N) is 2. The molecule has 4 rings (SSSR count). The summed E-state index contributed by atoms with van der Waals surface area (Å²) >= 11 is 1.49. The van der Waals surface area contributed by atoms with Gasteiger partial charge in [-0.1, -0.05) is 66.4 Å². The normalized spacial score (nSPS) is 10.6. The van der Waals surface area contributed by atoms with E-state index in [1.54, 1.807) is 6.07 Å². The number of H-pyrrole nitrogens is 1. The maximum atomic E-state index is 12.1. The smallest absolute Gasteiger partial charge is 0.259 e. The lowest BCUT2D eigenvalue weighted by atomic mass is 10.00. The van der Waals surface area contributed by atoms with E-state index in [2.05, 4.69) is 16.0 Å². The Kier molecular flexibility index (Phi) is 4.73. The van der Waals surface area contributed by atoms with Crippen LogP contribution in [0.5, 0.6) is 0 Å². The zero-order valence-electron chi connectivity index (χ0n) is 14.3. The Balaban J connectivity index is 1.53. The van der Waals surface area contributed by atoms with E-state index in [0.29, 0.717) is 27.4 Å². The van der Waals surface area contributed by atoms with Crippen LogP contribution >= 0.6 is 11.8 Å². The van der Waals surface area contributed by atoms with Crippen LogP contribution in [0.4, 0.5) is 0 Å². The Morgan fingerprint density at radius 3 is 2.52 bits per heavy atom. The maximum Gasteiger partial charge on any atom is 0.259 e. The minimum absolute atomic E-state index is 0.119. The van der Waals surface area contributed by atoms with Crippen LogP contribution < -0.4 is 5.56 Å². The molecule has 1 N–H and O–H groups in total. The van der Waals surface area contributed by atoms with Gasteiger partial charge in [-0.25, -0.2) is 4.98 Å². The van der Waals surface area contributed by atoms with Crippen molar-refractivity contribution in [1.29, 1.82) is 5.26 Å². The third-order valence-electron chi connectivity index (χ3n) is 4.28. The first-order valence-corrected chi connectivity index (χ1v) is 9.43.